The lowest BCUT2D eigenvalue weighted by atomic mass is 9.42. The van der Waals surface area contributed by atoms with Crippen LogP contribution in [0.3, 0.4) is 0 Å². The Balaban J connectivity index is 1.53. The van der Waals surface area contributed by atoms with E-state index in [1.165, 1.54) is 31.3 Å². The first kappa shape index (κ1) is 25.4. The Bertz CT molecular complexity index is 805. The summed E-state index contributed by atoms with van der Waals surface area (Å²) < 4.78 is 6.87. The summed E-state index contributed by atoms with van der Waals surface area (Å²) in [5.41, 5.74) is 0.708. The Morgan fingerprint density at radius 1 is 0.970 bits per heavy atom. The molecule has 4 rings (SSSR count). The molecule has 1 heterocycles. The van der Waals surface area contributed by atoms with Gasteiger partial charge in [0.05, 0.1) is 17.3 Å². The van der Waals surface area contributed by atoms with Crippen molar-refractivity contribution in [2.75, 3.05) is 0 Å². The molecule has 1 saturated heterocycles. The molecule has 0 aromatic heterocycles. The molecule has 3 aliphatic carbocycles. The second-order valence-corrected chi connectivity index (χ2v) is 14.1. The first-order valence-corrected chi connectivity index (χ1v) is 13.7. The molecule has 0 bridgehead atoms. The van der Waals surface area contributed by atoms with Gasteiger partial charge in [-0.25, -0.2) is 0 Å². The van der Waals surface area contributed by atoms with E-state index in [2.05, 4.69) is 54.5 Å². The Morgan fingerprint density at radius 3 is 2.27 bits per heavy atom. The number of carbonyl (C=O) groups excluding carboxylic acids is 1. The van der Waals surface area contributed by atoms with Gasteiger partial charge in [0.15, 0.2) is 0 Å². The van der Waals surface area contributed by atoms with Gasteiger partial charge in [0.2, 0.25) is 0 Å². The smallest absolute Gasteiger partial charge is 0.138 e. The second-order valence-electron chi connectivity index (χ2n) is 14.1. The molecule has 0 aromatic rings. The Morgan fingerprint density at radius 2 is 1.61 bits per heavy atom. The van der Waals surface area contributed by atoms with Gasteiger partial charge in [-0.15, -0.1) is 0 Å². The molecule has 188 valence electrons. The van der Waals surface area contributed by atoms with Crippen LogP contribution in [0.25, 0.3) is 0 Å². The first-order valence-electron chi connectivity index (χ1n) is 13.7. The fourth-order valence-electron chi connectivity index (χ4n) is 9.50. The maximum atomic E-state index is 12.8. The largest absolute Gasteiger partial charge is 0.387 e. The molecule has 3 nitrogen and oxygen atoms in total. The third-order valence-corrected chi connectivity index (χ3v) is 11.3. The van der Waals surface area contributed by atoms with E-state index in [1.807, 2.05) is 6.92 Å². The SMILES string of the molecule is CC(C)=CCCC(C)(O)C1CCC(C)(C2CCC3[C@@]2(C)CCC2C(C)(C)C(=O)CC[C@@]23C)O1. The standard InChI is InChI=1S/C30H50O3/c1-20(2)10-9-16-29(7,32)25-15-19-30(8,33-25)23-12-11-22-27(5)18-14-24(31)26(3,4)21(27)13-17-28(22,23)6/h10,21-23,25,32H,9,11-19H2,1-8H3/t21?,22?,23?,25?,27-,28+,29?,30?/m0/s1. The summed E-state index contributed by atoms with van der Waals surface area (Å²) in [5.74, 6) is 2.18. The highest BCUT2D eigenvalue weighted by atomic mass is 16.5. The van der Waals surface area contributed by atoms with Crippen molar-refractivity contribution in [1.29, 1.82) is 0 Å². The van der Waals surface area contributed by atoms with Crippen LogP contribution in [0.1, 0.15) is 120 Å². The molecule has 33 heavy (non-hydrogen) atoms. The van der Waals surface area contributed by atoms with Crippen molar-refractivity contribution in [2.45, 2.75) is 137 Å². The minimum atomic E-state index is -0.778. The fraction of sp³-hybridized carbons (Fsp3) is 0.900. The lowest BCUT2D eigenvalue weighted by Gasteiger charge is -2.62. The maximum Gasteiger partial charge on any atom is 0.138 e. The molecule has 0 aromatic carbocycles. The molecule has 3 heteroatoms. The molecule has 1 N–H and O–H groups in total. The van der Waals surface area contributed by atoms with Crippen LogP contribution in [-0.2, 0) is 9.53 Å². The zero-order valence-corrected chi connectivity index (χ0v) is 22.7. The van der Waals surface area contributed by atoms with Crippen LogP contribution in [0.5, 0.6) is 0 Å². The summed E-state index contributed by atoms with van der Waals surface area (Å²) in [5, 5.41) is 11.3. The van der Waals surface area contributed by atoms with Gasteiger partial charge in [-0.3, -0.25) is 4.79 Å². The van der Waals surface area contributed by atoms with Crippen LogP contribution >= 0.6 is 0 Å². The number of Topliss-reactive ketones (excluding diaryl/α,β-unsaturated/α-hetero) is 1. The molecule has 1 aliphatic heterocycles. The van der Waals surface area contributed by atoms with Crippen LogP contribution in [0.2, 0.25) is 0 Å². The summed E-state index contributed by atoms with van der Waals surface area (Å²) >= 11 is 0. The summed E-state index contributed by atoms with van der Waals surface area (Å²) in [6.45, 7) is 18.1. The molecule has 0 radical (unpaired) electrons. The van der Waals surface area contributed by atoms with Gasteiger partial charge in [0, 0.05) is 11.8 Å². The molecule has 8 atom stereocenters. The fourth-order valence-corrected chi connectivity index (χ4v) is 9.50. The molecule has 4 fully saturated rings. The predicted octanol–water partition coefficient (Wildman–Crippen LogP) is 7.26. The van der Waals surface area contributed by atoms with Crippen molar-refractivity contribution < 1.29 is 14.6 Å². The van der Waals surface area contributed by atoms with Crippen molar-refractivity contribution >= 4 is 5.78 Å². The van der Waals surface area contributed by atoms with E-state index < -0.39 is 5.60 Å². The molecular weight excluding hydrogens is 408 g/mol. The lowest BCUT2D eigenvalue weighted by molar-refractivity contribution is -0.183. The predicted molar refractivity (Wildman–Crippen MR) is 135 cm³/mol. The van der Waals surface area contributed by atoms with E-state index in [4.69, 9.17) is 4.74 Å². The van der Waals surface area contributed by atoms with E-state index in [1.54, 1.807) is 0 Å². The van der Waals surface area contributed by atoms with Crippen LogP contribution in [0, 0.1) is 34.0 Å². The van der Waals surface area contributed by atoms with Crippen LogP contribution < -0.4 is 0 Å². The monoisotopic (exact) mass is 458 g/mol. The number of aliphatic hydroxyl groups is 1. The van der Waals surface area contributed by atoms with Crippen molar-refractivity contribution in [3.05, 3.63) is 11.6 Å². The minimum absolute atomic E-state index is 0.0751. The number of ether oxygens (including phenoxy) is 1. The summed E-state index contributed by atoms with van der Waals surface area (Å²) in [6.07, 6.45) is 12.5. The van der Waals surface area contributed by atoms with E-state index in [9.17, 15) is 9.90 Å². The van der Waals surface area contributed by atoms with Crippen molar-refractivity contribution in [3.63, 3.8) is 0 Å². The van der Waals surface area contributed by atoms with E-state index in [0.717, 1.165) is 38.5 Å². The molecular formula is C30H50O3. The first-order chi connectivity index (χ1) is 15.2. The molecule has 0 amide bonds. The third-order valence-electron chi connectivity index (χ3n) is 11.3. The highest BCUT2D eigenvalue weighted by Crippen LogP contribution is 2.71. The Labute approximate surface area is 203 Å². The van der Waals surface area contributed by atoms with Gasteiger partial charge >= 0.3 is 0 Å². The third kappa shape index (κ3) is 3.98. The summed E-state index contributed by atoms with van der Waals surface area (Å²) in [4.78, 5) is 12.8. The van der Waals surface area contributed by atoms with Crippen molar-refractivity contribution in [2.24, 2.45) is 34.0 Å². The molecule has 0 spiro atoms. The normalized spacial score (nSPS) is 46.4. The highest BCUT2D eigenvalue weighted by molar-refractivity contribution is 5.85. The average Bonchev–Trinajstić information content (AvgIpc) is 3.27. The van der Waals surface area contributed by atoms with E-state index >= 15 is 0 Å². The number of carbonyl (C=O) groups is 1. The van der Waals surface area contributed by atoms with Gasteiger partial charge in [0.1, 0.15) is 5.78 Å². The average molecular weight is 459 g/mol. The van der Waals surface area contributed by atoms with E-state index in [-0.39, 0.29) is 27.9 Å². The number of rotatable bonds is 5. The van der Waals surface area contributed by atoms with Gasteiger partial charge in [-0.1, -0.05) is 39.3 Å². The van der Waals surface area contributed by atoms with Crippen molar-refractivity contribution in [3.8, 4) is 0 Å². The number of hydrogen-bond donors (Lipinski definition) is 1. The van der Waals surface area contributed by atoms with Crippen LogP contribution in [0.15, 0.2) is 11.6 Å². The van der Waals surface area contributed by atoms with Gasteiger partial charge < -0.3 is 9.84 Å². The van der Waals surface area contributed by atoms with Gasteiger partial charge in [-0.05, 0) is 114 Å². The van der Waals surface area contributed by atoms with Crippen molar-refractivity contribution in [1.82, 2.24) is 0 Å². The number of hydrogen-bond acceptors (Lipinski definition) is 3. The Hall–Kier alpha value is -0.670. The summed E-state index contributed by atoms with van der Waals surface area (Å²) in [6, 6.07) is 0. The zero-order chi connectivity index (χ0) is 24.4. The molecule has 6 unspecified atom stereocenters. The molecule has 4 aliphatic rings. The van der Waals surface area contributed by atoms with Gasteiger partial charge in [-0.2, -0.15) is 0 Å². The highest BCUT2D eigenvalue weighted by Gasteiger charge is 2.66. The zero-order valence-electron chi connectivity index (χ0n) is 22.7. The topological polar surface area (TPSA) is 46.5 Å². The molecule has 3 saturated carbocycles. The van der Waals surface area contributed by atoms with Crippen LogP contribution in [-0.4, -0.2) is 28.2 Å². The number of allylic oxidation sites excluding steroid dienone is 2. The quantitative estimate of drug-likeness (QED) is 0.441. The minimum Gasteiger partial charge on any atom is -0.387 e. The Kier molecular flexibility index (Phi) is 6.31. The maximum absolute atomic E-state index is 12.8. The number of ketones is 1. The van der Waals surface area contributed by atoms with E-state index in [0.29, 0.717) is 23.5 Å². The lowest BCUT2D eigenvalue weighted by Crippen LogP contribution is -2.58. The summed E-state index contributed by atoms with van der Waals surface area (Å²) in [7, 11) is 0. The second kappa shape index (κ2) is 8.19. The van der Waals surface area contributed by atoms with Gasteiger partial charge in [0.25, 0.3) is 0 Å². The number of fused-ring (bicyclic) bond motifs is 3. The van der Waals surface area contributed by atoms with Crippen LogP contribution in [0.4, 0.5) is 0 Å².